The van der Waals surface area contributed by atoms with Crippen molar-refractivity contribution in [2.75, 3.05) is 45.4 Å². The molecule has 0 aromatic heterocycles. The minimum atomic E-state index is -1.42. The van der Waals surface area contributed by atoms with Gasteiger partial charge in [0.15, 0.2) is 35.0 Å². The number of carbonyl (C=O) groups excluding carboxylic acids is 5. The highest BCUT2D eigenvalue weighted by Gasteiger charge is 2.58. The molecule has 2 aliphatic carbocycles. The third-order valence-electron chi connectivity index (χ3n) is 14.4. The second-order valence-electron chi connectivity index (χ2n) is 19.6. The summed E-state index contributed by atoms with van der Waals surface area (Å²) >= 11 is 0. The number of aliphatic imine (C=N–C) groups is 1. The molecular formula is C50H60N6O11. The molecule has 9 rings (SSSR count). The van der Waals surface area contributed by atoms with Gasteiger partial charge in [0, 0.05) is 44.3 Å². The SMILES string of the molecule is COc1cc2c(cc1OCCCOc1cc3c(cc1OC)C(=O)N1CC4(CC4)C[C@H]1C(O)N3C(=O)OCc1ccc(CC(=O)[C@H](C)NC(=O)[C@@H](N)C(C)C)cc1)N=C[C@@H]1CC3(CC3)CN1C2=O. The molecule has 17 nitrogen and oxygen atoms in total. The number of methoxy groups -OCH3 is 2. The molecule has 356 valence electrons. The molecule has 6 aliphatic rings. The Morgan fingerprint density at radius 1 is 0.821 bits per heavy atom. The van der Waals surface area contributed by atoms with Crippen LogP contribution in [-0.2, 0) is 27.4 Å². The fraction of sp³-hybridized carbons (Fsp3) is 0.520. The van der Waals surface area contributed by atoms with Gasteiger partial charge in [-0.05, 0) is 85.5 Å². The predicted octanol–water partition coefficient (Wildman–Crippen LogP) is 5.33. The Hall–Kier alpha value is -6.20. The number of aliphatic hydroxyl groups excluding tert-OH is 1. The van der Waals surface area contributed by atoms with Crippen LogP contribution in [0.4, 0.5) is 16.2 Å². The second kappa shape index (κ2) is 18.1. The van der Waals surface area contributed by atoms with E-state index >= 15 is 0 Å². The topological polar surface area (TPSA) is 212 Å². The van der Waals surface area contributed by atoms with E-state index in [1.165, 1.54) is 20.3 Å². The highest BCUT2D eigenvalue weighted by Crippen LogP contribution is 2.57. The van der Waals surface area contributed by atoms with Crippen LogP contribution in [0.1, 0.15) is 97.6 Å². The van der Waals surface area contributed by atoms with Crippen LogP contribution in [0.25, 0.3) is 0 Å². The van der Waals surface area contributed by atoms with Gasteiger partial charge in [0.1, 0.15) is 6.61 Å². The fourth-order valence-electron chi connectivity index (χ4n) is 9.84. The van der Waals surface area contributed by atoms with Crippen molar-refractivity contribution in [2.45, 2.75) is 109 Å². The molecule has 3 aromatic rings. The van der Waals surface area contributed by atoms with Gasteiger partial charge in [0.05, 0.1) is 74.1 Å². The first-order valence-corrected chi connectivity index (χ1v) is 23.3. The Morgan fingerprint density at radius 3 is 2.06 bits per heavy atom. The molecule has 67 heavy (non-hydrogen) atoms. The monoisotopic (exact) mass is 920 g/mol. The van der Waals surface area contributed by atoms with Crippen LogP contribution >= 0.6 is 0 Å². The number of rotatable bonds is 16. The normalized spacial score (nSPS) is 22.3. The maximum Gasteiger partial charge on any atom is 0.416 e. The number of ether oxygens (including phenoxy) is 5. The van der Waals surface area contributed by atoms with Gasteiger partial charge in [-0.25, -0.2) is 9.69 Å². The average Bonchev–Trinajstić information content (AvgIpc) is 4.20. The van der Waals surface area contributed by atoms with E-state index in [2.05, 4.69) is 5.32 Å². The van der Waals surface area contributed by atoms with E-state index in [-0.39, 0.29) is 95.3 Å². The van der Waals surface area contributed by atoms with Crippen molar-refractivity contribution >= 4 is 47.2 Å². The van der Waals surface area contributed by atoms with Crippen LogP contribution in [0.5, 0.6) is 23.0 Å². The molecule has 0 radical (unpaired) electrons. The molecule has 4 aliphatic heterocycles. The van der Waals surface area contributed by atoms with Gasteiger partial charge in [-0.3, -0.25) is 24.2 Å². The molecule has 2 saturated carbocycles. The van der Waals surface area contributed by atoms with Gasteiger partial charge >= 0.3 is 6.09 Å². The molecule has 17 heteroatoms. The number of aliphatic hydroxyl groups is 1. The Labute approximate surface area is 389 Å². The average molecular weight is 921 g/mol. The minimum Gasteiger partial charge on any atom is -0.493 e. The summed E-state index contributed by atoms with van der Waals surface area (Å²) in [5, 5.41) is 14.7. The standard InChI is InChI=1S/C50H60N6O11/c1-28(2)43(51)44(58)53-29(3)38(57)17-30-7-9-31(10-8-30)25-67-48(62)56-36-21-42(40(64-5)19-34(36)46(60)55-27-50(13-14-50)23-37(55)47(56)61)66-16-6-15-65-41-20-35-33(18-39(41)63-4)45(59)54-26-49(11-12-49)22-32(54)24-52-35/h7-10,18-21,24,28-29,32,37,43,47,61H,6,11-17,22-23,25-27,51H2,1-5H3,(H,53,58)/t29-,32-,37-,43-,47?/m0/s1. The zero-order valence-corrected chi connectivity index (χ0v) is 38.7. The van der Waals surface area contributed by atoms with Gasteiger partial charge in [-0.15, -0.1) is 0 Å². The highest BCUT2D eigenvalue weighted by molar-refractivity contribution is 6.06. The van der Waals surface area contributed by atoms with Crippen molar-refractivity contribution in [2.24, 2.45) is 27.5 Å². The molecule has 3 aromatic carbocycles. The van der Waals surface area contributed by atoms with Gasteiger partial charge in [-0.2, -0.15) is 0 Å². The number of ketones is 1. The smallest absolute Gasteiger partial charge is 0.416 e. The largest absolute Gasteiger partial charge is 0.493 e. The molecule has 1 unspecified atom stereocenters. The van der Waals surface area contributed by atoms with E-state index in [0.29, 0.717) is 53.3 Å². The molecule has 0 bridgehead atoms. The van der Waals surface area contributed by atoms with Gasteiger partial charge < -0.3 is 49.6 Å². The summed E-state index contributed by atoms with van der Waals surface area (Å²) in [6.07, 6.45) is 5.72. The second-order valence-corrected chi connectivity index (χ2v) is 19.6. The zero-order valence-electron chi connectivity index (χ0n) is 38.7. The molecule has 4 amide bonds. The van der Waals surface area contributed by atoms with Crippen LogP contribution < -0.4 is 34.9 Å². The van der Waals surface area contributed by atoms with Crippen molar-refractivity contribution < 1.29 is 52.8 Å². The Bertz CT molecular complexity index is 2480. The lowest BCUT2D eigenvalue weighted by molar-refractivity contribution is -0.128. The van der Waals surface area contributed by atoms with E-state index < -0.39 is 30.4 Å². The first kappa shape index (κ1) is 45.9. The number of benzene rings is 3. The Balaban J connectivity index is 0.866. The lowest BCUT2D eigenvalue weighted by atomic mass is 10.0. The third kappa shape index (κ3) is 9.15. The number of hydrogen-bond acceptors (Lipinski definition) is 13. The maximum absolute atomic E-state index is 14.3. The summed E-state index contributed by atoms with van der Waals surface area (Å²) in [6.45, 7) is 6.73. The van der Waals surface area contributed by atoms with Crippen molar-refractivity contribution in [3.8, 4) is 23.0 Å². The van der Waals surface area contributed by atoms with Crippen molar-refractivity contribution in [1.82, 2.24) is 15.1 Å². The number of Topliss-reactive ketones (excluding diaryl/α,β-unsaturated/α-hetero) is 1. The quantitative estimate of drug-likeness (QED) is 0.156. The number of amides is 4. The third-order valence-corrected chi connectivity index (χ3v) is 14.4. The highest BCUT2D eigenvalue weighted by atomic mass is 16.6. The number of carbonyl (C=O) groups is 5. The molecule has 5 atom stereocenters. The van der Waals surface area contributed by atoms with Crippen molar-refractivity contribution in [3.05, 3.63) is 70.8 Å². The first-order chi connectivity index (χ1) is 32.1. The van der Waals surface area contributed by atoms with E-state index in [0.717, 1.165) is 43.5 Å². The summed E-state index contributed by atoms with van der Waals surface area (Å²) in [6, 6.07) is 11.4. The van der Waals surface area contributed by atoms with Crippen molar-refractivity contribution in [3.63, 3.8) is 0 Å². The van der Waals surface area contributed by atoms with E-state index in [1.54, 1.807) is 54.3 Å². The van der Waals surface area contributed by atoms with Crippen LogP contribution in [0.3, 0.4) is 0 Å². The van der Waals surface area contributed by atoms with E-state index in [1.807, 2.05) is 25.0 Å². The number of fused-ring (bicyclic) bond motifs is 4. The van der Waals surface area contributed by atoms with Gasteiger partial charge in [0.25, 0.3) is 11.8 Å². The van der Waals surface area contributed by atoms with Crippen LogP contribution in [0.2, 0.25) is 0 Å². The van der Waals surface area contributed by atoms with E-state index in [9.17, 15) is 29.1 Å². The van der Waals surface area contributed by atoms with Crippen LogP contribution in [0, 0.1) is 16.7 Å². The Kier molecular flexibility index (Phi) is 12.4. The summed E-state index contributed by atoms with van der Waals surface area (Å²) in [5.74, 6) is 0.353. The molecular weight excluding hydrogens is 861 g/mol. The van der Waals surface area contributed by atoms with Crippen LogP contribution in [0.15, 0.2) is 53.5 Å². The van der Waals surface area contributed by atoms with E-state index in [4.69, 9.17) is 34.4 Å². The lowest BCUT2D eigenvalue weighted by Crippen LogP contribution is -2.50. The predicted molar refractivity (Wildman–Crippen MR) is 246 cm³/mol. The number of nitrogens with two attached hydrogens (primary N) is 1. The molecule has 4 N–H and O–H groups in total. The number of anilines is 1. The number of nitrogens with zero attached hydrogens (tertiary/aromatic N) is 4. The Morgan fingerprint density at radius 2 is 1.42 bits per heavy atom. The molecule has 2 spiro atoms. The summed E-state index contributed by atoms with van der Waals surface area (Å²) in [4.78, 5) is 76.8. The minimum absolute atomic E-state index is 0.0194. The molecule has 4 heterocycles. The zero-order chi connectivity index (χ0) is 47.4. The molecule has 2 saturated heterocycles. The molecule has 4 fully saturated rings. The van der Waals surface area contributed by atoms with Gasteiger partial charge in [0.2, 0.25) is 5.91 Å². The number of hydrogen-bond donors (Lipinski definition) is 3. The van der Waals surface area contributed by atoms with Crippen molar-refractivity contribution in [1.29, 1.82) is 0 Å². The summed E-state index contributed by atoms with van der Waals surface area (Å²) < 4.78 is 29.6. The summed E-state index contributed by atoms with van der Waals surface area (Å²) in [7, 11) is 2.99. The van der Waals surface area contributed by atoms with Gasteiger partial charge in [-0.1, -0.05) is 38.1 Å². The lowest BCUT2D eigenvalue weighted by Gasteiger charge is -2.31. The maximum atomic E-state index is 14.3. The fourth-order valence-corrected chi connectivity index (χ4v) is 9.84. The number of nitrogens with one attached hydrogen (secondary N) is 1. The first-order valence-electron chi connectivity index (χ1n) is 23.3. The van der Waals surface area contributed by atoms with Crippen LogP contribution in [-0.4, -0.2) is 122 Å². The summed E-state index contributed by atoms with van der Waals surface area (Å²) in [5.41, 5.74) is 8.74.